The van der Waals surface area contributed by atoms with Gasteiger partial charge in [0.25, 0.3) is 0 Å². The summed E-state index contributed by atoms with van der Waals surface area (Å²) < 4.78 is 4.88. The minimum absolute atomic E-state index is 0.251. The third-order valence-corrected chi connectivity index (χ3v) is 2.95. The van der Waals surface area contributed by atoms with Crippen molar-refractivity contribution in [3.8, 4) is 0 Å². The highest BCUT2D eigenvalue weighted by molar-refractivity contribution is 5.89. The zero-order valence-electron chi connectivity index (χ0n) is 12.1. The molecule has 6 nitrogen and oxygen atoms in total. The highest BCUT2D eigenvalue weighted by Crippen LogP contribution is 2.10. The summed E-state index contributed by atoms with van der Waals surface area (Å²) in [6, 6.07) is 9.92. The summed E-state index contributed by atoms with van der Waals surface area (Å²) in [5.41, 5.74) is 1.58. The average Bonchev–Trinajstić information content (AvgIpc) is 2.54. The minimum Gasteiger partial charge on any atom is -0.478 e. The van der Waals surface area contributed by atoms with Gasteiger partial charge in [-0.1, -0.05) is 12.1 Å². The highest BCUT2D eigenvalue weighted by atomic mass is 16.5. The van der Waals surface area contributed by atoms with Gasteiger partial charge in [0, 0.05) is 12.7 Å². The molecule has 1 aromatic heterocycles. The van der Waals surface area contributed by atoms with E-state index >= 15 is 0 Å². The number of benzene rings is 1. The summed E-state index contributed by atoms with van der Waals surface area (Å²) >= 11 is 0. The van der Waals surface area contributed by atoms with Gasteiger partial charge in [-0.2, -0.15) is 0 Å². The molecule has 0 atom stereocenters. The van der Waals surface area contributed by atoms with Crippen LogP contribution in [0.1, 0.15) is 33.2 Å². The summed E-state index contributed by atoms with van der Waals surface area (Å²) in [5.74, 6) is -0.725. The lowest BCUT2D eigenvalue weighted by Gasteiger charge is -2.07. The van der Waals surface area contributed by atoms with E-state index in [1.807, 2.05) is 0 Å². The van der Waals surface area contributed by atoms with Gasteiger partial charge < -0.3 is 15.2 Å². The first-order valence-electron chi connectivity index (χ1n) is 6.79. The highest BCUT2D eigenvalue weighted by Gasteiger charge is 2.06. The van der Waals surface area contributed by atoms with E-state index in [1.54, 1.807) is 43.3 Å². The maximum Gasteiger partial charge on any atom is 0.339 e. The maximum atomic E-state index is 11.5. The van der Waals surface area contributed by atoms with E-state index < -0.39 is 11.9 Å². The standard InChI is InChI=1S/C16H16N2O4/c1-2-22-16(21)13-7-8-14(18-10-13)17-9-11-3-5-12(6-4-11)15(19)20/h3-8,10H,2,9H2,1H3,(H,17,18)(H,19,20). The molecular formula is C16H16N2O4. The molecular weight excluding hydrogens is 284 g/mol. The first-order chi connectivity index (χ1) is 10.6. The average molecular weight is 300 g/mol. The van der Waals surface area contributed by atoms with Gasteiger partial charge in [-0.05, 0) is 36.8 Å². The predicted molar refractivity (Wildman–Crippen MR) is 80.9 cm³/mol. The zero-order valence-corrected chi connectivity index (χ0v) is 12.1. The Morgan fingerprint density at radius 2 is 1.82 bits per heavy atom. The SMILES string of the molecule is CCOC(=O)c1ccc(NCc2ccc(C(=O)O)cc2)nc1. The van der Waals surface area contributed by atoms with Crippen LogP contribution in [0, 0.1) is 0 Å². The molecule has 0 bridgehead atoms. The second kappa shape index (κ2) is 7.21. The molecule has 22 heavy (non-hydrogen) atoms. The van der Waals surface area contributed by atoms with Crippen molar-refractivity contribution in [3.63, 3.8) is 0 Å². The van der Waals surface area contributed by atoms with Crippen LogP contribution in [0.3, 0.4) is 0 Å². The molecule has 0 radical (unpaired) electrons. The normalized spacial score (nSPS) is 10.0. The van der Waals surface area contributed by atoms with Crippen LogP contribution < -0.4 is 5.32 Å². The Labute approximate surface area is 127 Å². The summed E-state index contributed by atoms with van der Waals surface area (Å²) in [5, 5.41) is 11.9. The van der Waals surface area contributed by atoms with Crippen molar-refractivity contribution in [2.45, 2.75) is 13.5 Å². The number of carboxylic acid groups (broad SMARTS) is 1. The minimum atomic E-state index is -0.948. The van der Waals surface area contributed by atoms with Crippen LogP contribution >= 0.6 is 0 Å². The monoisotopic (exact) mass is 300 g/mol. The Kier molecular flexibility index (Phi) is 5.08. The van der Waals surface area contributed by atoms with Crippen LogP contribution in [0.2, 0.25) is 0 Å². The van der Waals surface area contributed by atoms with Crippen LogP contribution in [-0.4, -0.2) is 28.6 Å². The third-order valence-electron chi connectivity index (χ3n) is 2.95. The molecule has 0 amide bonds. The van der Waals surface area contributed by atoms with E-state index in [2.05, 4.69) is 10.3 Å². The molecule has 2 aromatic rings. The number of aromatic carboxylic acids is 1. The van der Waals surface area contributed by atoms with E-state index in [9.17, 15) is 9.59 Å². The Morgan fingerprint density at radius 1 is 1.14 bits per heavy atom. The van der Waals surface area contributed by atoms with E-state index in [0.29, 0.717) is 24.5 Å². The van der Waals surface area contributed by atoms with Crippen molar-refractivity contribution >= 4 is 17.8 Å². The van der Waals surface area contributed by atoms with Gasteiger partial charge in [0.1, 0.15) is 5.82 Å². The number of nitrogens with zero attached hydrogens (tertiary/aromatic N) is 1. The van der Waals surface area contributed by atoms with E-state index in [4.69, 9.17) is 9.84 Å². The third kappa shape index (κ3) is 4.05. The number of ether oxygens (including phenoxy) is 1. The first-order valence-corrected chi connectivity index (χ1v) is 6.79. The summed E-state index contributed by atoms with van der Waals surface area (Å²) in [6.07, 6.45) is 1.45. The van der Waals surface area contributed by atoms with Gasteiger partial charge in [0.15, 0.2) is 0 Å². The fourth-order valence-corrected chi connectivity index (χ4v) is 1.79. The second-order valence-electron chi connectivity index (χ2n) is 4.51. The number of pyridine rings is 1. The molecule has 0 spiro atoms. The van der Waals surface area contributed by atoms with Gasteiger partial charge in [-0.25, -0.2) is 14.6 Å². The lowest BCUT2D eigenvalue weighted by molar-refractivity contribution is 0.0525. The number of nitrogens with one attached hydrogen (secondary N) is 1. The molecule has 1 heterocycles. The van der Waals surface area contributed by atoms with Gasteiger partial charge in [-0.3, -0.25) is 0 Å². The lowest BCUT2D eigenvalue weighted by Crippen LogP contribution is -2.06. The van der Waals surface area contributed by atoms with Crippen LogP contribution in [0.4, 0.5) is 5.82 Å². The molecule has 1 aromatic carbocycles. The van der Waals surface area contributed by atoms with Gasteiger partial charge in [0.2, 0.25) is 0 Å². The van der Waals surface area contributed by atoms with Crippen LogP contribution in [0.25, 0.3) is 0 Å². The number of esters is 1. The van der Waals surface area contributed by atoms with Crippen LogP contribution in [0.5, 0.6) is 0 Å². The lowest BCUT2D eigenvalue weighted by atomic mass is 10.1. The van der Waals surface area contributed by atoms with Gasteiger partial charge >= 0.3 is 11.9 Å². The number of carboxylic acids is 1. The van der Waals surface area contributed by atoms with E-state index in [0.717, 1.165) is 5.56 Å². The Morgan fingerprint density at radius 3 is 2.36 bits per heavy atom. The molecule has 2 rings (SSSR count). The number of anilines is 1. The number of carbonyl (C=O) groups excluding carboxylic acids is 1. The van der Waals surface area contributed by atoms with Gasteiger partial charge in [-0.15, -0.1) is 0 Å². The molecule has 0 saturated carbocycles. The van der Waals surface area contributed by atoms with Crippen molar-refractivity contribution in [1.82, 2.24) is 4.98 Å². The predicted octanol–water partition coefficient (Wildman–Crippen LogP) is 2.57. The van der Waals surface area contributed by atoms with E-state index in [-0.39, 0.29) is 5.56 Å². The fourth-order valence-electron chi connectivity index (χ4n) is 1.79. The van der Waals surface area contributed by atoms with Gasteiger partial charge in [0.05, 0.1) is 17.7 Å². The topological polar surface area (TPSA) is 88.5 Å². The first kappa shape index (κ1) is 15.5. The van der Waals surface area contributed by atoms with E-state index in [1.165, 1.54) is 6.20 Å². The quantitative estimate of drug-likeness (QED) is 0.797. The maximum absolute atomic E-state index is 11.5. The summed E-state index contributed by atoms with van der Waals surface area (Å²) in [7, 11) is 0. The Balaban J connectivity index is 1.94. The van der Waals surface area contributed by atoms with Crippen LogP contribution in [0.15, 0.2) is 42.6 Å². The molecule has 0 unspecified atom stereocenters. The molecule has 0 saturated heterocycles. The van der Waals surface area contributed by atoms with Crippen molar-refractivity contribution in [2.24, 2.45) is 0 Å². The van der Waals surface area contributed by atoms with Crippen molar-refractivity contribution in [3.05, 3.63) is 59.3 Å². The number of rotatable bonds is 6. The van der Waals surface area contributed by atoms with Crippen molar-refractivity contribution < 1.29 is 19.4 Å². The number of carbonyl (C=O) groups is 2. The fraction of sp³-hybridized carbons (Fsp3) is 0.188. The molecule has 6 heteroatoms. The zero-order chi connectivity index (χ0) is 15.9. The smallest absolute Gasteiger partial charge is 0.339 e. The number of aromatic nitrogens is 1. The molecule has 0 aliphatic heterocycles. The Hall–Kier alpha value is -2.89. The second-order valence-corrected chi connectivity index (χ2v) is 4.51. The number of hydrogen-bond donors (Lipinski definition) is 2. The molecule has 2 N–H and O–H groups in total. The number of hydrogen-bond acceptors (Lipinski definition) is 5. The Bertz CT molecular complexity index is 651. The summed E-state index contributed by atoms with van der Waals surface area (Å²) in [4.78, 5) is 26.4. The largest absolute Gasteiger partial charge is 0.478 e. The van der Waals surface area contributed by atoms with Crippen molar-refractivity contribution in [1.29, 1.82) is 0 Å². The molecule has 0 aliphatic rings. The molecule has 0 fully saturated rings. The van der Waals surface area contributed by atoms with Crippen molar-refractivity contribution in [2.75, 3.05) is 11.9 Å². The van der Waals surface area contributed by atoms with Crippen LogP contribution in [-0.2, 0) is 11.3 Å². The molecule has 114 valence electrons. The molecule has 0 aliphatic carbocycles. The summed E-state index contributed by atoms with van der Waals surface area (Å²) in [6.45, 7) is 2.58.